The lowest BCUT2D eigenvalue weighted by Crippen LogP contribution is -2.34. The summed E-state index contributed by atoms with van der Waals surface area (Å²) in [6, 6.07) is 13.6. The maximum absolute atomic E-state index is 13.8. The number of furan rings is 1. The summed E-state index contributed by atoms with van der Waals surface area (Å²) in [5.41, 5.74) is 1.20. The Labute approximate surface area is 150 Å². The van der Waals surface area contributed by atoms with Gasteiger partial charge in [-0.3, -0.25) is 4.79 Å². The molecule has 1 aromatic heterocycles. The van der Waals surface area contributed by atoms with Gasteiger partial charge in [0.1, 0.15) is 0 Å². The van der Waals surface area contributed by atoms with Crippen molar-refractivity contribution in [3.63, 3.8) is 0 Å². The summed E-state index contributed by atoms with van der Waals surface area (Å²) in [6.07, 6.45) is 0. The Bertz CT molecular complexity index is 949. The monoisotopic (exact) mass is 355 g/mol. The van der Waals surface area contributed by atoms with E-state index < -0.39 is 18.4 Å². The first-order chi connectivity index (χ1) is 12.5. The van der Waals surface area contributed by atoms with E-state index >= 15 is 0 Å². The van der Waals surface area contributed by atoms with Crippen LogP contribution in [0, 0.1) is 12.7 Å². The van der Waals surface area contributed by atoms with Crippen LogP contribution in [0.5, 0.6) is 0 Å². The first-order valence-electron chi connectivity index (χ1n) is 8.23. The van der Waals surface area contributed by atoms with Gasteiger partial charge in [0.05, 0.1) is 0 Å². The first-order valence-corrected chi connectivity index (χ1v) is 8.23. The highest BCUT2D eigenvalue weighted by atomic mass is 19.1. The molecule has 1 heterocycles. The molecule has 0 bridgehead atoms. The summed E-state index contributed by atoms with van der Waals surface area (Å²) in [5, 5.41) is 0.503. The van der Waals surface area contributed by atoms with Gasteiger partial charge < -0.3 is 14.1 Å². The molecule has 0 saturated carbocycles. The Morgan fingerprint density at radius 1 is 1.12 bits per heavy atom. The van der Waals surface area contributed by atoms with Crippen molar-refractivity contribution in [3.8, 4) is 0 Å². The van der Waals surface area contributed by atoms with Crippen LogP contribution in [0.1, 0.15) is 23.0 Å². The van der Waals surface area contributed by atoms with Crippen LogP contribution >= 0.6 is 0 Å². The van der Waals surface area contributed by atoms with E-state index in [0.29, 0.717) is 17.5 Å². The van der Waals surface area contributed by atoms with E-state index in [0.717, 1.165) is 5.69 Å². The van der Waals surface area contributed by atoms with Gasteiger partial charge >= 0.3 is 5.97 Å². The second-order valence-electron chi connectivity index (χ2n) is 5.72. The number of ether oxygens (including phenoxy) is 1. The number of nitrogens with zero attached hydrogens (tertiary/aromatic N) is 1. The van der Waals surface area contributed by atoms with Crippen LogP contribution in [-0.2, 0) is 9.53 Å². The lowest BCUT2D eigenvalue weighted by molar-refractivity contribution is -0.121. The third-order valence-corrected chi connectivity index (χ3v) is 4.11. The molecular weight excluding hydrogens is 337 g/mol. The van der Waals surface area contributed by atoms with E-state index in [-0.39, 0.29) is 17.3 Å². The number of carbonyl (C=O) groups excluding carboxylic acids is 2. The third-order valence-electron chi connectivity index (χ3n) is 4.11. The zero-order valence-corrected chi connectivity index (χ0v) is 14.5. The molecule has 5 nitrogen and oxygen atoms in total. The van der Waals surface area contributed by atoms with Crippen LogP contribution in [0.2, 0.25) is 0 Å². The molecule has 0 aliphatic carbocycles. The molecule has 6 heteroatoms. The van der Waals surface area contributed by atoms with Gasteiger partial charge in [-0.25, -0.2) is 9.18 Å². The number of hydrogen-bond acceptors (Lipinski definition) is 4. The number of anilines is 1. The molecule has 3 rings (SSSR count). The highest BCUT2D eigenvalue weighted by Gasteiger charge is 2.23. The van der Waals surface area contributed by atoms with E-state index in [2.05, 4.69) is 0 Å². The molecule has 0 radical (unpaired) electrons. The fourth-order valence-corrected chi connectivity index (χ4v) is 2.79. The predicted octanol–water partition coefficient (Wildman–Crippen LogP) is 4.09. The minimum Gasteiger partial charge on any atom is -0.450 e. The molecule has 0 aliphatic heterocycles. The highest BCUT2D eigenvalue weighted by molar-refractivity contribution is 5.99. The second-order valence-corrected chi connectivity index (χ2v) is 5.72. The number of para-hydroxylation sites is 2. The summed E-state index contributed by atoms with van der Waals surface area (Å²) in [6.45, 7) is 3.49. The minimum absolute atomic E-state index is 0.00254. The van der Waals surface area contributed by atoms with E-state index in [1.54, 1.807) is 25.1 Å². The Hall–Kier alpha value is -3.15. The molecular formula is C20H18FNO4. The van der Waals surface area contributed by atoms with Gasteiger partial charge in [-0.05, 0) is 32.0 Å². The number of esters is 1. The first kappa shape index (κ1) is 17.7. The van der Waals surface area contributed by atoms with Gasteiger partial charge in [0.2, 0.25) is 5.76 Å². The predicted molar refractivity (Wildman–Crippen MR) is 95.7 cm³/mol. The van der Waals surface area contributed by atoms with E-state index in [4.69, 9.17) is 9.15 Å². The molecule has 0 fully saturated rings. The van der Waals surface area contributed by atoms with E-state index in [1.807, 2.05) is 25.1 Å². The van der Waals surface area contributed by atoms with Crippen molar-refractivity contribution in [3.05, 3.63) is 65.7 Å². The zero-order valence-electron chi connectivity index (χ0n) is 14.5. The highest BCUT2D eigenvalue weighted by Crippen LogP contribution is 2.27. The number of amides is 1. The lowest BCUT2D eigenvalue weighted by Gasteiger charge is -2.20. The third kappa shape index (κ3) is 3.31. The molecule has 2 aromatic carbocycles. The molecule has 1 amide bonds. The molecule has 3 aromatic rings. The summed E-state index contributed by atoms with van der Waals surface area (Å²) in [7, 11) is 0. The van der Waals surface area contributed by atoms with Crippen LogP contribution in [-0.4, -0.2) is 25.0 Å². The van der Waals surface area contributed by atoms with Gasteiger partial charge in [0, 0.05) is 23.2 Å². The number of carbonyl (C=O) groups is 2. The van der Waals surface area contributed by atoms with Crippen LogP contribution in [0.25, 0.3) is 11.0 Å². The van der Waals surface area contributed by atoms with Gasteiger partial charge in [-0.1, -0.05) is 30.3 Å². The quantitative estimate of drug-likeness (QED) is 0.647. The average molecular weight is 355 g/mol. The number of hydrogen-bond donors (Lipinski definition) is 0. The van der Waals surface area contributed by atoms with Crippen molar-refractivity contribution in [2.24, 2.45) is 0 Å². The normalized spacial score (nSPS) is 10.7. The van der Waals surface area contributed by atoms with Crippen LogP contribution in [0.3, 0.4) is 0 Å². The van der Waals surface area contributed by atoms with E-state index in [9.17, 15) is 14.0 Å². The van der Waals surface area contributed by atoms with Gasteiger partial charge in [0.25, 0.3) is 5.91 Å². The molecule has 0 atom stereocenters. The molecule has 134 valence electrons. The van der Waals surface area contributed by atoms with Crippen molar-refractivity contribution in [1.29, 1.82) is 0 Å². The van der Waals surface area contributed by atoms with Crippen molar-refractivity contribution in [2.75, 3.05) is 18.1 Å². The molecule has 26 heavy (non-hydrogen) atoms. The molecule has 0 aliphatic rings. The number of fused-ring (bicyclic) bond motifs is 1. The molecule has 0 unspecified atom stereocenters. The number of halogens is 1. The Balaban J connectivity index is 1.74. The fraction of sp³-hybridized carbons (Fsp3) is 0.200. The maximum atomic E-state index is 13.8. The number of rotatable bonds is 5. The lowest BCUT2D eigenvalue weighted by atomic mass is 10.1. The van der Waals surface area contributed by atoms with Crippen LogP contribution in [0.15, 0.2) is 52.9 Å². The summed E-state index contributed by atoms with van der Waals surface area (Å²) in [5.74, 6) is -1.80. The Kier molecular flexibility index (Phi) is 5.02. The molecule has 0 spiro atoms. The minimum atomic E-state index is -0.796. The van der Waals surface area contributed by atoms with Crippen LogP contribution < -0.4 is 4.90 Å². The Morgan fingerprint density at radius 3 is 2.50 bits per heavy atom. The zero-order chi connectivity index (χ0) is 18.7. The van der Waals surface area contributed by atoms with Gasteiger partial charge in [-0.2, -0.15) is 0 Å². The Morgan fingerprint density at radius 2 is 1.85 bits per heavy atom. The standard InChI is InChI=1S/C20H18FNO4/c1-3-22(14-8-5-4-6-9-14)17(23)12-25-20(24)18-13(2)15-10-7-11-16(21)19(15)26-18/h4-11H,3,12H2,1-2H3. The smallest absolute Gasteiger partial charge is 0.375 e. The van der Waals surface area contributed by atoms with Crippen molar-refractivity contribution < 1.29 is 23.1 Å². The molecule has 0 N–H and O–H groups in total. The number of aryl methyl sites for hydroxylation is 1. The van der Waals surface area contributed by atoms with Crippen LogP contribution in [0.4, 0.5) is 10.1 Å². The maximum Gasteiger partial charge on any atom is 0.375 e. The van der Waals surface area contributed by atoms with Gasteiger partial charge in [0.15, 0.2) is 18.0 Å². The van der Waals surface area contributed by atoms with E-state index in [1.165, 1.54) is 17.0 Å². The summed E-state index contributed by atoms with van der Waals surface area (Å²) in [4.78, 5) is 26.2. The second kappa shape index (κ2) is 7.39. The average Bonchev–Trinajstić information content (AvgIpc) is 3.00. The summed E-state index contributed by atoms with van der Waals surface area (Å²) >= 11 is 0. The number of benzene rings is 2. The largest absolute Gasteiger partial charge is 0.450 e. The van der Waals surface area contributed by atoms with Crippen molar-refractivity contribution in [2.45, 2.75) is 13.8 Å². The summed E-state index contributed by atoms with van der Waals surface area (Å²) < 4.78 is 24.2. The number of likely N-dealkylation sites (N-methyl/N-ethyl adjacent to an activating group) is 1. The topological polar surface area (TPSA) is 59.8 Å². The fourth-order valence-electron chi connectivity index (χ4n) is 2.79. The van der Waals surface area contributed by atoms with Crippen molar-refractivity contribution in [1.82, 2.24) is 0 Å². The van der Waals surface area contributed by atoms with Gasteiger partial charge in [-0.15, -0.1) is 0 Å². The molecule has 0 saturated heterocycles. The van der Waals surface area contributed by atoms with Crippen molar-refractivity contribution >= 4 is 28.5 Å². The SMILES string of the molecule is CCN(C(=O)COC(=O)c1oc2c(F)cccc2c1C)c1ccccc1.